The molecule has 0 saturated carbocycles. The quantitative estimate of drug-likeness (QED) is 0.421. The lowest BCUT2D eigenvalue weighted by Crippen LogP contribution is -1.80. The van der Waals surface area contributed by atoms with E-state index in [9.17, 15) is 0 Å². The number of fused-ring (bicyclic) bond motifs is 1. The first-order valence-electron chi connectivity index (χ1n) is 4.44. The highest BCUT2D eigenvalue weighted by Gasteiger charge is 2.07. The van der Waals surface area contributed by atoms with Gasteiger partial charge in [0.1, 0.15) is 0 Å². The second-order valence-corrected chi connectivity index (χ2v) is 5.24. The van der Waals surface area contributed by atoms with Crippen LogP contribution in [0.4, 0.5) is 0 Å². The maximum absolute atomic E-state index is 8.37. The highest BCUT2D eigenvalue weighted by atomic mass is 79.9. The molecule has 0 spiro atoms. The van der Waals surface area contributed by atoms with Gasteiger partial charge in [-0.2, -0.15) is 0 Å². The molecule has 2 aromatic rings. The summed E-state index contributed by atoms with van der Waals surface area (Å²) < 4.78 is 2.28. The van der Waals surface area contributed by atoms with Crippen LogP contribution in [0.1, 0.15) is 17.8 Å². The molecule has 0 aliphatic rings. The molecule has 0 bridgehead atoms. The zero-order valence-electron chi connectivity index (χ0n) is 8.01. The number of azide groups is 1. The number of hydrogen-bond acceptors (Lipinski definition) is 2. The Labute approximate surface area is 99.5 Å². The van der Waals surface area contributed by atoms with Gasteiger partial charge in [0.15, 0.2) is 0 Å². The first-order valence-corrected chi connectivity index (χ1v) is 6.05. The standard InChI is InChI=1S/C10H8BrN3S/c1-6(13-14-12)9-4-7-2-3-8(11)5-10(7)15-9/h2-6H,1H3. The SMILES string of the molecule is CC(N=[N+]=[N-])c1cc2ccc(Br)cc2s1. The van der Waals surface area contributed by atoms with Crippen molar-refractivity contribution < 1.29 is 0 Å². The van der Waals surface area contributed by atoms with Crippen molar-refractivity contribution in [1.82, 2.24) is 0 Å². The zero-order valence-corrected chi connectivity index (χ0v) is 10.4. The van der Waals surface area contributed by atoms with Crippen LogP contribution >= 0.6 is 27.3 Å². The van der Waals surface area contributed by atoms with Crippen molar-refractivity contribution in [1.29, 1.82) is 0 Å². The number of thiophene rings is 1. The van der Waals surface area contributed by atoms with E-state index >= 15 is 0 Å². The van der Waals surface area contributed by atoms with Crippen LogP contribution in [0.5, 0.6) is 0 Å². The van der Waals surface area contributed by atoms with Crippen molar-refractivity contribution in [2.75, 3.05) is 0 Å². The number of hydrogen-bond donors (Lipinski definition) is 0. The predicted octanol–water partition coefficient (Wildman–Crippen LogP) is 5.04. The molecule has 3 nitrogen and oxygen atoms in total. The Hall–Kier alpha value is -1.03. The Morgan fingerprint density at radius 3 is 3.00 bits per heavy atom. The summed E-state index contributed by atoms with van der Waals surface area (Å²) in [7, 11) is 0. The molecular formula is C10H8BrN3S. The lowest BCUT2D eigenvalue weighted by Gasteiger charge is -1.96. The third kappa shape index (κ3) is 2.15. The van der Waals surface area contributed by atoms with Crippen LogP contribution in [0, 0.1) is 0 Å². The summed E-state index contributed by atoms with van der Waals surface area (Å²) in [5.41, 5.74) is 8.37. The van der Waals surface area contributed by atoms with Crippen molar-refractivity contribution in [3.63, 3.8) is 0 Å². The van der Waals surface area contributed by atoms with Gasteiger partial charge in [-0.05, 0) is 29.1 Å². The van der Waals surface area contributed by atoms with Gasteiger partial charge in [-0.1, -0.05) is 34.0 Å². The zero-order chi connectivity index (χ0) is 10.8. The fourth-order valence-electron chi connectivity index (χ4n) is 1.37. The molecule has 2 rings (SSSR count). The third-order valence-electron chi connectivity index (χ3n) is 2.14. The Morgan fingerprint density at radius 1 is 1.47 bits per heavy atom. The molecule has 0 aliphatic carbocycles. The highest BCUT2D eigenvalue weighted by Crippen LogP contribution is 2.33. The van der Waals surface area contributed by atoms with E-state index in [2.05, 4.69) is 44.2 Å². The van der Waals surface area contributed by atoms with Gasteiger partial charge in [0, 0.05) is 19.0 Å². The van der Waals surface area contributed by atoms with E-state index in [0.717, 1.165) is 9.35 Å². The van der Waals surface area contributed by atoms with Gasteiger partial charge in [-0.3, -0.25) is 0 Å². The summed E-state index contributed by atoms with van der Waals surface area (Å²) in [4.78, 5) is 3.92. The van der Waals surface area contributed by atoms with Crippen LogP contribution in [0.2, 0.25) is 0 Å². The Bertz CT molecular complexity index is 543. The van der Waals surface area contributed by atoms with Crippen LogP contribution < -0.4 is 0 Å². The molecule has 1 aromatic heterocycles. The Kier molecular flexibility index (Phi) is 2.95. The van der Waals surface area contributed by atoms with E-state index in [1.54, 1.807) is 11.3 Å². The van der Waals surface area contributed by atoms with Crippen molar-refractivity contribution in [3.8, 4) is 0 Å². The predicted molar refractivity (Wildman–Crippen MR) is 67.1 cm³/mol. The molecule has 0 fully saturated rings. The summed E-state index contributed by atoms with van der Waals surface area (Å²) in [6.07, 6.45) is 0. The summed E-state index contributed by atoms with van der Waals surface area (Å²) in [6.45, 7) is 1.90. The molecular weight excluding hydrogens is 274 g/mol. The minimum absolute atomic E-state index is 0.0915. The molecule has 1 heterocycles. The molecule has 1 atom stereocenters. The molecule has 0 radical (unpaired) electrons. The molecule has 15 heavy (non-hydrogen) atoms. The minimum atomic E-state index is -0.0915. The maximum Gasteiger partial charge on any atom is 0.0691 e. The van der Waals surface area contributed by atoms with E-state index < -0.39 is 0 Å². The number of rotatable bonds is 2. The van der Waals surface area contributed by atoms with Crippen LogP contribution in [0.3, 0.4) is 0 Å². The van der Waals surface area contributed by atoms with Crippen molar-refractivity contribution >= 4 is 37.4 Å². The number of benzene rings is 1. The third-order valence-corrected chi connectivity index (χ3v) is 3.90. The fourth-order valence-corrected chi connectivity index (χ4v) is 2.97. The van der Waals surface area contributed by atoms with Gasteiger partial charge >= 0.3 is 0 Å². The van der Waals surface area contributed by atoms with Gasteiger partial charge in [0.25, 0.3) is 0 Å². The van der Waals surface area contributed by atoms with E-state index in [4.69, 9.17) is 5.53 Å². The van der Waals surface area contributed by atoms with Crippen molar-refractivity contribution in [2.45, 2.75) is 13.0 Å². The average molecular weight is 282 g/mol. The normalized spacial score (nSPS) is 12.4. The van der Waals surface area contributed by atoms with Gasteiger partial charge in [0.2, 0.25) is 0 Å². The lowest BCUT2D eigenvalue weighted by molar-refractivity contribution is 0.827. The average Bonchev–Trinajstić information content (AvgIpc) is 2.60. The number of nitrogens with zero attached hydrogens (tertiary/aromatic N) is 3. The molecule has 1 unspecified atom stereocenters. The van der Waals surface area contributed by atoms with Crippen LogP contribution in [-0.4, -0.2) is 0 Å². The van der Waals surface area contributed by atoms with Gasteiger partial charge in [-0.25, -0.2) is 0 Å². The van der Waals surface area contributed by atoms with Gasteiger partial charge < -0.3 is 0 Å². The molecule has 5 heteroatoms. The van der Waals surface area contributed by atoms with Crippen LogP contribution in [-0.2, 0) is 0 Å². The molecule has 0 amide bonds. The minimum Gasteiger partial charge on any atom is -0.140 e. The summed E-state index contributed by atoms with van der Waals surface area (Å²) in [5, 5.41) is 4.88. The molecule has 1 aromatic carbocycles. The van der Waals surface area contributed by atoms with Gasteiger partial charge in [0.05, 0.1) is 6.04 Å². The summed E-state index contributed by atoms with van der Waals surface area (Å²) in [6, 6.07) is 8.13. The topological polar surface area (TPSA) is 48.8 Å². The fraction of sp³-hybridized carbons (Fsp3) is 0.200. The lowest BCUT2D eigenvalue weighted by atomic mass is 10.2. The largest absolute Gasteiger partial charge is 0.140 e. The monoisotopic (exact) mass is 281 g/mol. The second kappa shape index (κ2) is 4.23. The first kappa shape index (κ1) is 10.5. The molecule has 0 aliphatic heterocycles. The number of halogens is 1. The van der Waals surface area contributed by atoms with E-state index in [1.165, 1.54) is 10.1 Å². The second-order valence-electron chi connectivity index (χ2n) is 3.21. The van der Waals surface area contributed by atoms with E-state index in [-0.39, 0.29) is 6.04 Å². The molecule has 76 valence electrons. The van der Waals surface area contributed by atoms with Crippen molar-refractivity contribution in [3.05, 3.63) is 44.1 Å². The van der Waals surface area contributed by atoms with E-state index in [0.29, 0.717) is 0 Å². The van der Waals surface area contributed by atoms with Crippen molar-refractivity contribution in [2.24, 2.45) is 5.11 Å². The summed E-state index contributed by atoms with van der Waals surface area (Å²) in [5.74, 6) is 0. The first-order chi connectivity index (χ1) is 7.20. The van der Waals surface area contributed by atoms with E-state index in [1.807, 2.05) is 13.0 Å². The highest BCUT2D eigenvalue weighted by molar-refractivity contribution is 9.10. The van der Waals surface area contributed by atoms with Gasteiger partial charge in [-0.15, -0.1) is 11.3 Å². The Balaban J connectivity index is 2.51. The Morgan fingerprint density at radius 2 is 2.27 bits per heavy atom. The smallest absolute Gasteiger partial charge is 0.0691 e. The molecule has 0 saturated heterocycles. The summed E-state index contributed by atoms with van der Waals surface area (Å²) >= 11 is 5.10. The van der Waals surface area contributed by atoms with Crippen LogP contribution in [0.15, 0.2) is 33.9 Å². The molecule has 0 N–H and O–H groups in total. The van der Waals surface area contributed by atoms with Crippen LogP contribution in [0.25, 0.3) is 20.5 Å². The maximum atomic E-state index is 8.37.